The number of hydrogen-bond acceptors (Lipinski definition) is 1. The first-order valence-corrected chi connectivity index (χ1v) is 16.9. The molecule has 1 aromatic heterocycles. The number of benzene rings is 9. The Labute approximate surface area is 283 Å². The minimum Gasteiger partial charge on any atom is -0.456 e. The predicted octanol–water partition coefficient (Wildman–Crippen LogP) is 13.7. The Morgan fingerprint density at radius 3 is 1.43 bits per heavy atom. The molecule has 1 heteroatoms. The van der Waals surface area contributed by atoms with Crippen molar-refractivity contribution in [1.29, 1.82) is 0 Å². The number of furan rings is 1. The molecular formula is C48H28O. The van der Waals surface area contributed by atoms with E-state index in [-0.39, 0.29) is 0 Å². The van der Waals surface area contributed by atoms with Crippen LogP contribution in [0, 0.1) is 0 Å². The summed E-state index contributed by atoms with van der Waals surface area (Å²) in [5.41, 5.74) is 14.4. The monoisotopic (exact) mass is 620 g/mol. The van der Waals surface area contributed by atoms with Gasteiger partial charge in [0.2, 0.25) is 0 Å². The van der Waals surface area contributed by atoms with Crippen molar-refractivity contribution in [3.8, 4) is 55.6 Å². The fourth-order valence-corrected chi connectivity index (χ4v) is 8.53. The van der Waals surface area contributed by atoms with Crippen molar-refractivity contribution in [2.75, 3.05) is 0 Å². The summed E-state index contributed by atoms with van der Waals surface area (Å²) in [5.74, 6) is 0. The Kier molecular flexibility index (Phi) is 5.45. The molecule has 0 spiro atoms. The van der Waals surface area contributed by atoms with Crippen molar-refractivity contribution in [3.63, 3.8) is 0 Å². The first kappa shape index (κ1) is 26.6. The lowest BCUT2D eigenvalue weighted by molar-refractivity contribution is 0.669. The average molecular weight is 621 g/mol. The maximum absolute atomic E-state index is 6.37. The molecule has 0 amide bonds. The first-order chi connectivity index (χ1) is 24.3. The van der Waals surface area contributed by atoms with Gasteiger partial charge in [-0.2, -0.15) is 0 Å². The summed E-state index contributed by atoms with van der Waals surface area (Å²) in [7, 11) is 0. The molecule has 0 saturated heterocycles. The van der Waals surface area contributed by atoms with Crippen molar-refractivity contribution in [2.45, 2.75) is 0 Å². The van der Waals surface area contributed by atoms with E-state index in [0.717, 1.165) is 27.5 Å². The van der Waals surface area contributed by atoms with Crippen LogP contribution in [0.15, 0.2) is 174 Å². The van der Waals surface area contributed by atoms with Crippen LogP contribution in [0.4, 0.5) is 0 Å². The third-order valence-corrected chi connectivity index (χ3v) is 10.6. The fraction of sp³-hybridized carbons (Fsp3) is 0. The molecule has 10 aromatic rings. The highest BCUT2D eigenvalue weighted by molar-refractivity contribution is 6.23. The lowest BCUT2D eigenvalue weighted by Gasteiger charge is -2.19. The molecule has 0 fully saturated rings. The van der Waals surface area contributed by atoms with Crippen LogP contribution in [0.25, 0.3) is 110 Å². The molecule has 11 rings (SSSR count). The summed E-state index contributed by atoms with van der Waals surface area (Å²) in [6, 6.07) is 62.2. The third-order valence-electron chi connectivity index (χ3n) is 10.6. The Bertz CT molecular complexity index is 2930. The molecule has 1 nitrogen and oxygen atoms in total. The van der Waals surface area contributed by atoms with E-state index in [1.54, 1.807) is 0 Å². The van der Waals surface area contributed by atoms with Gasteiger partial charge in [0.25, 0.3) is 0 Å². The van der Waals surface area contributed by atoms with Gasteiger partial charge in [0.05, 0.1) is 0 Å². The third kappa shape index (κ3) is 3.76. The number of fused-ring (bicyclic) bond motifs is 10. The highest BCUT2D eigenvalue weighted by atomic mass is 16.3. The van der Waals surface area contributed by atoms with Crippen LogP contribution < -0.4 is 0 Å². The van der Waals surface area contributed by atoms with E-state index in [4.69, 9.17) is 4.42 Å². The number of rotatable bonds is 2. The van der Waals surface area contributed by atoms with E-state index in [1.807, 2.05) is 12.1 Å². The Balaban J connectivity index is 1.21. The molecule has 0 N–H and O–H groups in total. The van der Waals surface area contributed by atoms with Crippen molar-refractivity contribution >= 4 is 54.3 Å². The first-order valence-electron chi connectivity index (χ1n) is 16.9. The Hall–Kier alpha value is -6.44. The van der Waals surface area contributed by atoms with Crippen LogP contribution in [0.1, 0.15) is 0 Å². The van der Waals surface area contributed by atoms with Crippen LogP contribution in [-0.2, 0) is 0 Å². The minimum absolute atomic E-state index is 0.913. The highest BCUT2D eigenvalue weighted by Crippen LogP contribution is 2.50. The second kappa shape index (κ2) is 10.0. The van der Waals surface area contributed by atoms with Gasteiger partial charge in [0.15, 0.2) is 0 Å². The lowest BCUT2D eigenvalue weighted by atomic mass is 9.84. The zero-order valence-corrected chi connectivity index (χ0v) is 26.6. The molecule has 0 radical (unpaired) electrons. The molecule has 226 valence electrons. The second-order valence-corrected chi connectivity index (χ2v) is 13.2. The van der Waals surface area contributed by atoms with Crippen molar-refractivity contribution in [3.05, 3.63) is 170 Å². The topological polar surface area (TPSA) is 13.1 Å². The van der Waals surface area contributed by atoms with Gasteiger partial charge in [-0.1, -0.05) is 146 Å². The summed E-state index contributed by atoms with van der Waals surface area (Å²) < 4.78 is 6.37. The van der Waals surface area contributed by atoms with Crippen molar-refractivity contribution < 1.29 is 4.42 Å². The molecular weight excluding hydrogens is 593 g/mol. The van der Waals surface area contributed by atoms with Gasteiger partial charge >= 0.3 is 0 Å². The van der Waals surface area contributed by atoms with Gasteiger partial charge in [0.1, 0.15) is 11.2 Å². The predicted molar refractivity (Wildman–Crippen MR) is 207 cm³/mol. The van der Waals surface area contributed by atoms with Crippen LogP contribution in [0.2, 0.25) is 0 Å². The van der Waals surface area contributed by atoms with E-state index in [1.165, 1.54) is 82.4 Å². The lowest BCUT2D eigenvalue weighted by Crippen LogP contribution is -1.92. The normalized spacial score (nSPS) is 12.1. The van der Waals surface area contributed by atoms with Crippen molar-refractivity contribution in [2.24, 2.45) is 0 Å². The molecule has 1 aliphatic carbocycles. The number of hydrogen-bond donors (Lipinski definition) is 0. The summed E-state index contributed by atoms with van der Waals surface area (Å²) in [6.07, 6.45) is 0. The van der Waals surface area contributed by atoms with Gasteiger partial charge in [-0.25, -0.2) is 0 Å². The Morgan fingerprint density at radius 1 is 0.286 bits per heavy atom. The van der Waals surface area contributed by atoms with E-state index in [0.29, 0.717) is 0 Å². The second-order valence-electron chi connectivity index (χ2n) is 13.2. The maximum Gasteiger partial charge on any atom is 0.136 e. The minimum atomic E-state index is 0.913. The van der Waals surface area contributed by atoms with Gasteiger partial charge in [-0.15, -0.1) is 0 Å². The standard InChI is InChI=1S/C48H28O/c1-2-14-33-32(13-1)34-25-23-30(27-43(34)42-21-10-12-29-11-9-20-37(33)46(29)42)47-38-16-3-5-18-40(38)48(41-19-6-4-17-39(41)47)31-24-26-36-35-15-7-8-22-44(35)49-45(36)28-31/h1-28H. The molecule has 0 saturated carbocycles. The highest BCUT2D eigenvalue weighted by Gasteiger charge is 2.23. The molecule has 1 heterocycles. The summed E-state index contributed by atoms with van der Waals surface area (Å²) in [6.45, 7) is 0. The summed E-state index contributed by atoms with van der Waals surface area (Å²) in [5, 5.41) is 9.84. The SMILES string of the molecule is c1ccc2c(c1)-c1ccc(-c3c4ccccc4c(-c4ccc5c(c4)oc4ccccc45)c4ccccc34)cc1-c1cccc3cccc-2c13. The van der Waals surface area contributed by atoms with Crippen LogP contribution in [0.3, 0.4) is 0 Å². The zero-order chi connectivity index (χ0) is 32.1. The van der Waals surface area contributed by atoms with Gasteiger partial charge in [-0.05, 0) is 112 Å². The summed E-state index contributed by atoms with van der Waals surface area (Å²) in [4.78, 5) is 0. The molecule has 1 aliphatic rings. The van der Waals surface area contributed by atoms with Gasteiger partial charge < -0.3 is 4.42 Å². The fourth-order valence-electron chi connectivity index (χ4n) is 8.53. The van der Waals surface area contributed by atoms with Crippen molar-refractivity contribution in [1.82, 2.24) is 0 Å². The van der Waals surface area contributed by atoms with Gasteiger partial charge in [-0.3, -0.25) is 0 Å². The van der Waals surface area contributed by atoms with E-state index >= 15 is 0 Å². The van der Waals surface area contributed by atoms with Crippen LogP contribution in [-0.4, -0.2) is 0 Å². The maximum atomic E-state index is 6.37. The molecule has 0 aliphatic heterocycles. The Morgan fingerprint density at radius 2 is 0.755 bits per heavy atom. The molecule has 0 bridgehead atoms. The quantitative estimate of drug-likeness (QED) is 0.175. The van der Waals surface area contributed by atoms with Crippen LogP contribution in [0.5, 0.6) is 0 Å². The zero-order valence-electron chi connectivity index (χ0n) is 26.6. The average Bonchev–Trinajstić information content (AvgIpc) is 3.49. The smallest absolute Gasteiger partial charge is 0.136 e. The molecule has 0 atom stereocenters. The number of para-hydroxylation sites is 1. The summed E-state index contributed by atoms with van der Waals surface area (Å²) >= 11 is 0. The van der Waals surface area contributed by atoms with E-state index in [9.17, 15) is 0 Å². The van der Waals surface area contributed by atoms with Gasteiger partial charge in [0, 0.05) is 10.8 Å². The molecule has 0 unspecified atom stereocenters. The molecule has 9 aromatic carbocycles. The molecule has 49 heavy (non-hydrogen) atoms. The largest absolute Gasteiger partial charge is 0.456 e. The van der Waals surface area contributed by atoms with Crippen LogP contribution >= 0.6 is 0 Å². The van der Waals surface area contributed by atoms with E-state index < -0.39 is 0 Å². The van der Waals surface area contributed by atoms with E-state index in [2.05, 4.69) is 158 Å².